The van der Waals surface area contributed by atoms with E-state index in [9.17, 15) is 4.79 Å². The number of halogens is 1. The maximum Gasteiger partial charge on any atom is 0.196 e. The van der Waals surface area contributed by atoms with Crippen LogP contribution < -0.4 is 0 Å². The first kappa shape index (κ1) is 11.9. The zero-order valence-electron chi connectivity index (χ0n) is 9.68. The molecule has 0 radical (unpaired) electrons. The molecule has 2 heterocycles. The van der Waals surface area contributed by atoms with Crippen LogP contribution in [0.1, 0.15) is 15.9 Å². The zero-order chi connectivity index (χ0) is 12.7. The summed E-state index contributed by atoms with van der Waals surface area (Å²) in [6, 6.07) is 9.93. The molecule has 0 N–H and O–H groups in total. The fourth-order valence-corrected chi connectivity index (χ4v) is 3.43. The normalized spacial score (nSPS) is 11.0. The van der Waals surface area contributed by atoms with Gasteiger partial charge in [-0.25, -0.2) is 0 Å². The van der Waals surface area contributed by atoms with Gasteiger partial charge in [-0.1, -0.05) is 18.2 Å². The van der Waals surface area contributed by atoms with Gasteiger partial charge in [-0.05, 0) is 34.7 Å². The molecular formula is C14H10INOS. The average molecular weight is 367 g/mol. The zero-order valence-corrected chi connectivity index (χ0v) is 12.7. The Hall–Kier alpha value is -1.14. The molecule has 2 aromatic heterocycles. The highest BCUT2D eigenvalue weighted by atomic mass is 127. The number of aromatic nitrogens is 1. The van der Waals surface area contributed by atoms with Gasteiger partial charge in [0.1, 0.15) is 0 Å². The maximum atomic E-state index is 12.5. The summed E-state index contributed by atoms with van der Waals surface area (Å²) in [4.78, 5) is 12.5. The number of aryl methyl sites for hydroxylation is 1. The Morgan fingerprint density at radius 2 is 2.11 bits per heavy atom. The van der Waals surface area contributed by atoms with Gasteiger partial charge in [0.15, 0.2) is 5.78 Å². The van der Waals surface area contributed by atoms with Crippen LogP contribution in [0.5, 0.6) is 0 Å². The highest BCUT2D eigenvalue weighted by molar-refractivity contribution is 14.1. The second-order valence-corrected chi connectivity index (χ2v) is 6.94. The first-order valence-corrected chi connectivity index (χ1v) is 7.45. The molecule has 0 aliphatic rings. The molecular weight excluding hydrogens is 357 g/mol. The van der Waals surface area contributed by atoms with Crippen molar-refractivity contribution in [1.82, 2.24) is 4.57 Å². The van der Waals surface area contributed by atoms with Gasteiger partial charge in [0, 0.05) is 40.7 Å². The molecule has 0 saturated heterocycles. The summed E-state index contributed by atoms with van der Waals surface area (Å²) < 4.78 is 3.14. The van der Waals surface area contributed by atoms with Crippen LogP contribution in [0.2, 0.25) is 0 Å². The minimum absolute atomic E-state index is 0.103. The number of fused-ring (bicyclic) bond motifs is 1. The molecule has 0 atom stereocenters. The van der Waals surface area contributed by atoms with Gasteiger partial charge in [0.05, 0.1) is 2.88 Å². The van der Waals surface area contributed by atoms with Crippen molar-refractivity contribution in [2.75, 3.05) is 0 Å². The monoisotopic (exact) mass is 367 g/mol. The molecule has 3 aromatic rings. The van der Waals surface area contributed by atoms with Crippen molar-refractivity contribution in [3.63, 3.8) is 0 Å². The predicted octanol–water partition coefficient (Wildman–Crippen LogP) is 4.08. The minimum Gasteiger partial charge on any atom is -0.350 e. The van der Waals surface area contributed by atoms with Crippen molar-refractivity contribution in [3.8, 4) is 0 Å². The van der Waals surface area contributed by atoms with Gasteiger partial charge in [0.25, 0.3) is 0 Å². The van der Waals surface area contributed by atoms with Gasteiger partial charge in [0.2, 0.25) is 0 Å². The van der Waals surface area contributed by atoms with Crippen molar-refractivity contribution in [3.05, 3.63) is 55.9 Å². The van der Waals surface area contributed by atoms with Gasteiger partial charge >= 0.3 is 0 Å². The number of hydrogen-bond donors (Lipinski definition) is 0. The fourth-order valence-electron chi connectivity index (χ4n) is 2.11. The van der Waals surface area contributed by atoms with E-state index in [1.54, 1.807) is 11.3 Å². The standard InChI is InChI=1S/C14H10INOS/c1-16-7-11(10-4-2-3-5-12(10)16)14(17)9-6-13(15)18-8-9/h2-8H,1H3. The van der Waals surface area contributed by atoms with Gasteiger partial charge in [-0.3, -0.25) is 4.79 Å². The van der Waals surface area contributed by atoms with Crippen LogP contribution in [-0.4, -0.2) is 10.4 Å². The number of carbonyl (C=O) groups is 1. The molecule has 0 saturated carbocycles. The van der Waals surface area contributed by atoms with Gasteiger partial charge < -0.3 is 4.57 Å². The van der Waals surface area contributed by atoms with E-state index < -0.39 is 0 Å². The first-order chi connectivity index (χ1) is 8.66. The van der Waals surface area contributed by atoms with Gasteiger partial charge in [-0.2, -0.15) is 0 Å². The Kier molecular flexibility index (Phi) is 2.99. The van der Waals surface area contributed by atoms with Gasteiger partial charge in [-0.15, -0.1) is 11.3 Å². The van der Waals surface area contributed by atoms with Crippen LogP contribution >= 0.6 is 33.9 Å². The summed E-state index contributed by atoms with van der Waals surface area (Å²) in [5.74, 6) is 0.103. The molecule has 0 bridgehead atoms. The molecule has 4 heteroatoms. The lowest BCUT2D eigenvalue weighted by Crippen LogP contribution is -1.98. The lowest BCUT2D eigenvalue weighted by Gasteiger charge is -1.95. The largest absolute Gasteiger partial charge is 0.350 e. The SMILES string of the molecule is Cn1cc(C(=O)c2csc(I)c2)c2ccccc21. The Morgan fingerprint density at radius 3 is 2.83 bits per heavy atom. The van der Waals surface area contributed by atoms with Crippen LogP contribution in [0.15, 0.2) is 41.9 Å². The number of rotatable bonds is 2. The maximum absolute atomic E-state index is 12.5. The molecule has 3 rings (SSSR count). The van der Waals surface area contributed by atoms with Crippen molar-refractivity contribution in [2.24, 2.45) is 7.05 Å². The predicted molar refractivity (Wildman–Crippen MR) is 83.4 cm³/mol. The fraction of sp³-hybridized carbons (Fsp3) is 0.0714. The third-order valence-electron chi connectivity index (χ3n) is 2.97. The number of nitrogens with zero attached hydrogens (tertiary/aromatic N) is 1. The molecule has 0 unspecified atom stereocenters. The van der Waals surface area contributed by atoms with E-state index in [-0.39, 0.29) is 5.78 Å². The van der Waals surface area contributed by atoms with Crippen molar-refractivity contribution in [2.45, 2.75) is 0 Å². The molecule has 0 aliphatic heterocycles. The number of para-hydroxylation sites is 1. The summed E-state index contributed by atoms with van der Waals surface area (Å²) in [6.07, 6.45) is 1.91. The van der Waals surface area contributed by atoms with E-state index >= 15 is 0 Å². The van der Waals surface area contributed by atoms with Crippen LogP contribution in [0.3, 0.4) is 0 Å². The van der Waals surface area contributed by atoms with E-state index in [1.165, 1.54) is 0 Å². The number of thiophene rings is 1. The number of benzene rings is 1. The first-order valence-electron chi connectivity index (χ1n) is 5.49. The minimum atomic E-state index is 0.103. The second-order valence-electron chi connectivity index (χ2n) is 4.14. The van der Waals surface area contributed by atoms with Crippen LogP contribution in [-0.2, 0) is 7.05 Å². The van der Waals surface area contributed by atoms with Crippen molar-refractivity contribution >= 4 is 50.6 Å². The Labute approximate surface area is 122 Å². The Morgan fingerprint density at radius 1 is 1.33 bits per heavy atom. The van der Waals surface area contributed by atoms with E-state index in [4.69, 9.17) is 0 Å². The molecule has 18 heavy (non-hydrogen) atoms. The highest BCUT2D eigenvalue weighted by Crippen LogP contribution is 2.25. The van der Waals surface area contributed by atoms with E-state index in [1.807, 2.05) is 53.5 Å². The Balaban J connectivity index is 2.18. The summed E-state index contributed by atoms with van der Waals surface area (Å²) in [5, 5.41) is 2.94. The van der Waals surface area contributed by atoms with Crippen LogP contribution in [0.4, 0.5) is 0 Å². The molecule has 2 nitrogen and oxygen atoms in total. The van der Waals surface area contributed by atoms with Crippen LogP contribution in [0, 0.1) is 2.88 Å². The van der Waals surface area contributed by atoms with Crippen LogP contribution in [0.25, 0.3) is 10.9 Å². The quantitative estimate of drug-likeness (QED) is 0.494. The Bertz CT molecular complexity index is 741. The molecule has 0 fully saturated rings. The van der Waals surface area contributed by atoms with Crippen molar-refractivity contribution in [1.29, 1.82) is 0 Å². The average Bonchev–Trinajstić information content (AvgIpc) is 2.94. The third kappa shape index (κ3) is 1.89. The van der Waals surface area contributed by atoms with E-state index in [0.717, 1.165) is 24.9 Å². The lowest BCUT2D eigenvalue weighted by atomic mass is 10.1. The summed E-state index contributed by atoms with van der Waals surface area (Å²) in [7, 11) is 1.97. The van der Waals surface area contributed by atoms with E-state index in [0.29, 0.717) is 0 Å². The summed E-state index contributed by atoms with van der Waals surface area (Å²) in [6.45, 7) is 0. The molecule has 0 aliphatic carbocycles. The third-order valence-corrected chi connectivity index (χ3v) is 4.76. The lowest BCUT2D eigenvalue weighted by molar-refractivity contribution is 0.104. The molecule has 90 valence electrons. The topological polar surface area (TPSA) is 22.0 Å². The number of carbonyl (C=O) groups excluding carboxylic acids is 1. The molecule has 1 aromatic carbocycles. The number of ketones is 1. The van der Waals surface area contributed by atoms with E-state index in [2.05, 4.69) is 22.6 Å². The summed E-state index contributed by atoms with van der Waals surface area (Å²) in [5.41, 5.74) is 2.65. The highest BCUT2D eigenvalue weighted by Gasteiger charge is 2.16. The van der Waals surface area contributed by atoms with Crippen molar-refractivity contribution < 1.29 is 4.79 Å². The summed E-state index contributed by atoms with van der Waals surface area (Å²) >= 11 is 3.84. The molecule has 0 amide bonds. The smallest absolute Gasteiger partial charge is 0.196 e. The second kappa shape index (κ2) is 4.51. The number of hydrogen-bond acceptors (Lipinski definition) is 2. The molecule has 0 spiro atoms.